The average Bonchev–Trinajstić information content (AvgIpc) is 2.73. The maximum Gasteiger partial charge on any atom is 0.253 e. The van der Waals surface area contributed by atoms with E-state index in [2.05, 4.69) is 47.8 Å². The molecule has 2 heterocycles. The molecule has 156 valence electrons. The lowest BCUT2D eigenvalue weighted by Gasteiger charge is -2.34. The normalized spacial score (nSPS) is 15.3. The summed E-state index contributed by atoms with van der Waals surface area (Å²) in [6.07, 6.45) is 0. The number of ether oxygens (including phenoxy) is 2. The number of hydrogen-bond acceptors (Lipinski definition) is 6. The Balaban J connectivity index is 1.58. The summed E-state index contributed by atoms with van der Waals surface area (Å²) in [4.78, 5) is 25.8. The van der Waals surface area contributed by atoms with Crippen molar-refractivity contribution in [2.45, 2.75) is 32.7 Å². The highest BCUT2D eigenvalue weighted by Gasteiger charge is 2.23. The van der Waals surface area contributed by atoms with Crippen LogP contribution in [0.15, 0.2) is 30.3 Å². The van der Waals surface area contributed by atoms with Gasteiger partial charge in [-0.1, -0.05) is 32.9 Å². The molecule has 1 aromatic heterocycles. The highest BCUT2D eigenvalue weighted by molar-refractivity contribution is 5.94. The van der Waals surface area contributed by atoms with Gasteiger partial charge in [-0.2, -0.15) is 9.97 Å². The maximum absolute atomic E-state index is 12.8. The first-order valence-electron chi connectivity index (χ1n) is 9.88. The number of carbonyl (C=O) groups excluding carboxylic acids is 1. The summed E-state index contributed by atoms with van der Waals surface area (Å²) in [5, 5.41) is 0. The van der Waals surface area contributed by atoms with E-state index < -0.39 is 0 Å². The van der Waals surface area contributed by atoms with Crippen molar-refractivity contribution in [3.8, 4) is 11.8 Å². The minimum Gasteiger partial charge on any atom is -0.481 e. The number of benzene rings is 1. The fraction of sp³-hybridized carbons (Fsp3) is 0.500. The van der Waals surface area contributed by atoms with E-state index in [-0.39, 0.29) is 11.3 Å². The van der Waals surface area contributed by atoms with Gasteiger partial charge in [-0.25, -0.2) is 0 Å². The molecular weight excluding hydrogens is 368 g/mol. The first-order valence-corrected chi connectivity index (χ1v) is 9.88. The summed E-state index contributed by atoms with van der Waals surface area (Å²) in [5.41, 5.74) is 2.05. The lowest BCUT2D eigenvalue weighted by Crippen LogP contribution is -2.48. The van der Waals surface area contributed by atoms with E-state index in [9.17, 15) is 4.79 Å². The van der Waals surface area contributed by atoms with Gasteiger partial charge in [-0.15, -0.1) is 0 Å². The predicted octanol–water partition coefficient (Wildman–Crippen LogP) is 2.75. The SMILES string of the molecule is COc1cc(OC)nc(CN2CCN(C(=O)c3ccc(C(C)(C)C)cc3)CC2)n1. The molecule has 0 radical (unpaired) electrons. The van der Waals surface area contributed by atoms with Crippen molar-refractivity contribution >= 4 is 5.91 Å². The molecule has 1 fully saturated rings. The molecule has 1 aromatic carbocycles. The van der Waals surface area contributed by atoms with Crippen molar-refractivity contribution in [1.29, 1.82) is 0 Å². The smallest absolute Gasteiger partial charge is 0.253 e. The van der Waals surface area contributed by atoms with Gasteiger partial charge in [0.05, 0.1) is 26.8 Å². The van der Waals surface area contributed by atoms with Crippen molar-refractivity contribution in [3.05, 3.63) is 47.3 Å². The minimum atomic E-state index is 0.0814. The molecule has 1 aliphatic heterocycles. The third kappa shape index (κ3) is 5.23. The standard InChI is InChI=1S/C22H30N4O3/c1-22(2,3)17-8-6-16(7-9-17)21(27)26-12-10-25(11-13-26)15-18-23-19(28-4)14-20(24-18)29-5/h6-9,14H,10-13,15H2,1-5H3. The second kappa shape index (κ2) is 8.78. The van der Waals surface area contributed by atoms with Crippen LogP contribution in [0.25, 0.3) is 0 Å². The van der Waals surface area contributed by atoms with Crippen LogP contribution in [0.3, 0.4) is 0 Å². The largest absolute Gasteiger partial charge is 0.481 e. The van der Waals surface area contributed by atoms with Crippen LogP contribution in [0.5, 0.6) is 11.8 Å². The number of carbonyl (C=O) groups is 1. The van der Waals surface area contributed by atoms with E-state index >= 15 is 0 Å². The van der Waals surface area contributed by atoms with Gasteiger partial charge >= 0.3 is 0 Å². The lowest BCUT2D eigenvalue weighted by atomic mass is 9.86. The summed E-state index contributed by atoms with van der Waals surface area (Å²) in [6.45, 7) is 10.0. The Morgan fingerprint density at radius 3 is 2.00 bits per heavy atom. The van der Waals surface area contributed by atoms with Gasteiger partial charge in [0.1, 0.15) is 5.82 Å². The van der Waals surface area contributed by atoms with E-state index in [1.165, 1.54) is 5.56 Å². The zero-order valence-electron chi connectivity index (χ0n) is 17.9. The van der Waals surface area contributed by atoms with Gasteiger partial charge in [0, 0.05) is 31.7 Å². The molecule has 0 aliphatic carbocycles. The van der Waals surface area contributed by atoms with Crippen LogP contribution in [0, 0.1) is 0 Å². The first-order chi connectivity index (χ1) is 13.8. The Hall–Kier alpha value is -2.67. The molecule has 0 N–H and O–H groups in total. The highest BCUT2D eigenvalue weighted by atomic mass is 16.5. The molecule has 1 saturated heterocycles. The van der Waals surface area contributed by atoms with Gasteiger partial charge in [0.15, 0.2) is 0 Å². The van der Waals surface area contributed by atoms with Crippen LogP contribution >= 0.6 is 0 Å². The Morgan fingerprint density at radius 2 is 1.52 bits per heavy atom. The Kier molecular flexibility index (Phi) is 6.37. The number of piperazine rings is 1. The fourth-order valence-corrected chi connectivity index (χ4v) is 3.33. The van der Waals surface area contributed by atoms with Gasteiger partial charge < -0.3 is 14.4 Å². The average molecular weight is 399 g/mol. The summed E-state index contributed by atoms with van der Waals surface area (Å²) in [6, 6.07) is 9.64. The van der Waals surface area contributed by atoms with Crippen LogP contribution in [0.1, 0.15) is 42.5 Å². The molecule has 0 spiro atoms. The lowest BCUT2D eigenvalue weighted by molar-refractivity contribution is 0.0625. The van der Waals surface area contributed by atoms with Crippen LogP contribution in [-0.2, 0) is 12.0 Å². The van der Waals surface area contributed by atoms with Gasteiger partial charge in [0.2, 0.25) is 11.8 Å². The predicted molar refractivity (Wildman–Crippen MR) is 111 cm³/mol. The van der Waals surface area contributed by atoms with Gasteiger partial charge in [0.25, 0.3) is 5.91 Å². The highest BCUT2D eigenvalue weighted by Crippen LogP contribution is 2.23. The summed E-state index contributed by atoms with van der Waals surface area (Å²) in [7, 11) is 3.15. The van der Waals surface area contributed by atoms with Crippen LogP contribution in [-0.4, -0.2) is 66.1 Å². The topological polar surface area (TPSA) is 67.8 Å². The zero-order chi connectivity index (χ0) is 21.0. The molecular formula is C22H30N4O3. The summed E-state index contributed by atoms with van der Waals surface area (Å²) in [5.74, 6) is 1.71. The first kappa shape index (κ1) is 21.0. The molecule has 0 bridgehead atoms. The van der Waals surface area contributed by atoms with Gasteiger partial charge in [-0.05, 0) is 23.1 Å². The number of aromatic nitrogens is 2. The molecule has 0 saturated carbocycles. The van der Waals surface area contributed by atoms with Crippen LogP contribution < -0.4 is 9.47 Å². The molecule has 7 heteroatoms. The van der Waals surface area contributed by atoms with Crippen LogP contribution in [0.2, 0.25) is 0 Å². The Bertz CT molecular complexity index is 816. The second-order valence-electron chi connectivity index (χ2n) is 8.26. The van der Waals surface area contributed by atoms with E-state index in [1.807, 2.05) is 17.0 Å². The molecule has 2 aromatic rings. The molecule has 1 amide bonds. The molecule has 0 unspecified atom stereocenters. The van der Waals surface area contributed by atoms with E-state index in [1.54, 1.807) is 20.3 Å². The van der Waals surface area contributed by atoms with Crippen molar-refractivity contribution < 1.29 is 14.3 Å². The van der Waals surface area contributed by atoms with Crippen LogP contribution in [0.4, 0.5) is 0 Å². The van der Waals surface area contributed by atoms with E-state index in [0.29, 0.717) is 37.2 Å². The third-order valence-electron chi connectivity index (χ3n) is 5.17. The molecule has 7 nitrogen and oxygen atoms in total. The van der Waals surface area contributed by atoms with E-state index in [4.69, 9.17) is 9.47 Å². The van der Waals surface area contributed by atoms with Crippen molar-refractivity contribution in [1.82, 2.24) is 19.8 Å². The van der Waals surface area contributed by atoms with Crippen molar-refractivity contribution in [3.63, 3.8) is 0 Å². The quantitative estimate of drug-likeness (QED) is 0.772. The molecule has 0 atom stereocenters. The van der Waals surface area contributed by atoms with Crippen molar-refractivity contribution in [2.24, 2.45) is 0 Å². The van der Waals surface area contributed by atoms with Gasteiger partial charge in [-0.3, -0.25) is 9.69 Å². The number of nitrogens with zero attached hydrogens (tertiary/aromatic N) is 4. The molecule has 1 aliphatic rings. The second-order valence-corrected chi connectivity index (χ2v) is 8.26. The molecule has 3 rings (SSSR count). The number of methoxy groups -OCH3 is 2. The number of hydrogen-bond donors (Lipinski definition) is 0. The number of amides is 1. The zero-order valence-corrected chi connectivity index (χ0v) is 17.9. The number of rotatable bonds is 5. The third-order valence-corrected chi connectivity index (χ3v) is 5.17. The summed E-state index contributed by atoms with van der Waals surface area (Å²) >= 11 is 0. The monoisotopic (exact) mass is 398 g/mol. The van der Waals surface area contributed by atoms with E-state index in [0.717, 1.165) is 18.7 Å². The minimum absolute atomic E-state index is 0.0814. The molecule has 29 heavy (non-hydrogen) atoms. The Labute approximate surface area is 172 Å². The Morgan fingerprint density at radius 1 is 0.966 bits per heavy atom. The maximum atomic E-state index is 12.8. The summed E-state index contributed by atoms with van der Waals surface area (Å²) < 4.78 is 10.4. The van der Waals surface area contributed by atoms with Crippen molar-refractivity contribution in [2.75, 3.05) is 40.4 Å². The fourth-order valence-electron chi connectivity index (χ4n) is 3.33.